The van der Waals surface area contributed by atoms with E-state index in [1.807, 2.05) is 24.3 Å². The van der Waals surface area contributed by atoms with Crippen LogP contribution in [0.5, 0.6) is 0 Å². The van der Waals surface area contributed by atoms with Crippen LogP contribution in [0.2, 0.25) is 5.02 Å². The molecule has 1 aliphatic rings. The summed E-state index contributed by atoms with van der Waals surface area (Å²) in [5.41, 5.74) is 1.89. The monoisotopic (exact) mass is 313 g/mol. The fourth-order valence-corrected chi connectivity index (χ4v) is 2.71. The standard InChI is InChI=1S/C18H16ClNO2/c1-12(21)13-2-8-16(9-3-13)20-17(22)18(10-11-18)14-4-6-15(19)7-5-14/h2-9H,10-11H2,1H3,(H,20,22). The molecule has 0 unspecified atom stereocenters. The van der Waals surface area contributed by atoms with Crippen LogP contribution in [0.15, 0.2) is 48.5 Å². The lowest BCUT2D eigenvalue weighted by molar-refractivity contribution is -0.118. The number of rotatable bonds is 4. The van der Waals surface area contributed by atoms with E-state index in [1.165, 1.54) is 6.92 Å². The summed E-state index contributed by atoms with van der Waals surface area (Å²) in [5, 5.41) is 3.61. The second kappa shape index (κ2) is 5.58. The lowest BCUT2D eigenvalue weighted by atomic mass is 9.95. The highest BCUT2D eigenvalue weighted by Crippen LogP contribution is 2.49. The SMILES string of the molecule is CC(=O)c1ccc(NC(=O)C2(c3ccc(Cl)cc3)CC2)cc1. The van der Waals surface area contributed by atoms with Gasteiger partial charge in [-0.1, -0.05) is 23.7 Å². The smallest absolute Gasteiger partial charge is 0.235 e. The highest BCUT2D eigenvalue weighted by molar-refractivity contribution is 6.30. The Morgan fingerprint density at radius 3 is 2.09 bits per heavy atom. The van der Waals surface area contributed by atoms with Crippen molar-refractivity contribution >= 4 is 29.0 Å². The van der Waals surface area contributed by atoms with Crippen LogP contribution >= 0.6 is 11.6 Å². The van der Waals surface area contributed by atoms with Gasteiger partial charge in [0.1, 0.15) is 0 Å². The number of halogens is 1. The van der Waals surface area contributed by atoms with E-state index in [2.05, 4.69) is 5.32 Å². The Hall–Kier alpha value is -2.13. The molecule has 0 atom stereocenters. The van der Waals surface area contributed by atoms with Crippen molar-refractivity contribution in [3.8, 4) is 0 Å². The van der Waals surface area contributed by atoms with Gasteiger partial charge in [-0.2, -0.15) is 0 Å². The molecule has 0 spiro atoms. The molecule has 3 nitrogen and oxygen atoms in total. The number of Topliss-reactive ketones (excluding diaryl/α,β-unsaturated/α-hetero) is 1. The van der Waals surface area contributed by atoms with Gasteiger partial charge in [0.2, 0.25) is 5.91 Å². The zero-order valence-corrected chi connectivity index (χ0v) is 13.0. The highest BCUT2D eigenvalue weighted by atomic mass is 35.5. The molecule has 1 aliphatic carbocycles. The molecular weight excluding hydrogens is 298 g/mol. The third-order valence-electron chi connectivity index (χ3n) is 4.13. The van der Waals surface area contributed by atoms with E-state index in [4.69, 9.17) is 11.6 Å². The molecule has 1 fully saturated rings. The Balaban J connectivity index is 1.76. The zero-order valence-electron chi connectivity index (χ0n) is 12.2. The molecule has 0 radical (unpaired) electrons. The van der Waals surface area contributed by atoms with Crippen molar-refractivity contribution in [2.45, 2.75) is 25.2 Å². The number of benzene rings is 2. The van der Waals surface area contributed by atoms with Crippen LogP contribution in [0.25, 0.3) is 0 Å². The fraction of sp³-hybridized carbons (Fsp3) is 0.222. The number of hydrogen-bond acceptors (Lipinski definition) is 2. The largest absolute Gasteiger partial charge is 0.325 e. The fourth-order valence-electron chi connectivity index (χ4n) is 2.58. The van der Waals surface area contributed by atoms with Crippen molar-refractivity contribution in [2.24, 2.45) is 0 Å². The summed E-state index contributed by atoms with van der Waals surface area (Å²) in [4.78, 5) is 23.9. The van der Waals surface area contributed by atoms with Crippen LogP contribution in [-0.4, -0.2) is 11.7 Å². The number of anilines is 1. The molecule has 22 heavy (non-hydrogen) atoms. The van der Waals surface area contributed by atoms with Crippen LogP contribution < -0.4 is 5.32 Å². The summed E-state index contributed by atoms with van der Waals surface area (Å²) in [6, 6.07) is 14.4. The number of nitrogens with one attached hydrogen (secondary N) is 1. The van der Waals surface area contributed by atoms with E-state index in [9.17, 15) is 9.59 Å². The minimum Gasteiger partial charge on any atom is -0.325 e. The predicted molar refractivity (Wildman–Crippen MR) is 87.4 cm³/mol. The molecule has 3 rings (SSSR count). The van der Waals surface area contributed by atoms with Crippen LogP contribution in [-0.2, 0) is 10.2 Å². The minimum absolute atomic E-state index is 0.00889. The van der Waals surface area contributed by atoms with Crippen LogP contribution in [0.4, 0.5) is 5.69 Å². The highest BCUT2D eigenvalue weighted by Gasteiger charge is 2.51. The molecule has 0 bridgehead atoms. The molecule has 1 saturated carbocycles. The van der Waals surface area contributed by atoms with Crippen molar-refractivity contribution in [2.75, 3.05) is 5.32 Å². The maximum absolute atomic E-state index is 12.6. The molecule has 0 saturated heterocycles. The van der Waals surface area contributed by atoms with E-state index in [0.717, 1.165) is 18.4 Å². The number of carbonyl (C=O) groups is 2. The third-order valence-corrected chi connectivity index (χ3v) is 4.38. The maximum atomic E-state index is 12.6. The summed E-state index contributed by atoms with van der Waals surface area (Å²) >= 11 is 5.90. The lowest BCUT2D eigenvalue weighted by Crippen LogP contribution is -2.27. The summed E-state index contributed by atoms with van der Waals surface area (Å²) in [5.74, 6) is 0.00287. The van der Waals surface area contributed by atoms with Gasteiger partial charge in [-0.15, -0.1) is 0 Å². The first-order chi connectivity index (χ1) is 10.5. The summed E-state index contributed by atoms with van der Waals surface area (Å²) in [6.07, 6.45) is 1.68. The van der Waals surface area contributed by atoms with Crippen molar-refractivity contribution < 1.29 is 9.59 Å². The first-order valence-corrected chi connectivity index (χ1v) is 7.58. The molecule has 1 N–H and O–H groups in total. The van der Waals surface area contributed by atoms with Crippen LogP contribution in [0.3, 0.4) is 0 Å². The molecule has 112 valence electrons. The van der Waals surface area contributed by atoms with E-state index >= 15 is 0 Å². The molecule has 0 aliphatic heterocycles. The summed E-state index contributed by atoms with van der Waals surface area (Å²) < 4.78 is 0. The molecule has 0 aromatic heterocycles. The van der Waals surface area contributed by atoms with E-state index in [-0.39, 0.29) is 11.7 Å². The third kappa shape index (κ3) is 2.77. The van der Waals surface area contributed by atoms with Crippen LogP contribution in [0, 0.1) is 0 Å². The van der Waals surface area contributed by atoms with E-state index in [0.29, 0.717) is 16.3 Å². The van der Waals surface area contributed by atoms with Gasteiger partial charge < -0.3 is 5.32 Å². The quantitative estimate of drug-likeness (QED) is 0.859. The Labute approximate surface area is 134 Å². The van der Waals surface area contributed by atoms with E-state index < -0.39 is 5.41 Å². The topological polar surface area (TPSA) is 46.2 Å². The first kappa shape index (κ1) is 14.8. The summed E-state index contributed by atoms with van der Waals surface area (Å²) in [6.45, 7) is 1.52. The number of amides is 1. The Kier molecular flexibility index (Phi) is 3.75. The van der Waals surface area contributed by atoms with Crippen LogP contribution in [0.1, 0.15) is 35.7 Å². The Morgan fingerprint density at radius 2 is 1.59 bits per heavy atom. The Morgan fingerprint density at radius 1 is 1.00 bits per heavy atom. The van der Waals surface area contributed by atoms with Crippen molar-refractivity contribution in [1.82, 2.24) is 0 Å². The zero-order chi connectivity index (χ0) is 15.7. The first-order valence-electron chi connectivity index (χ1n) is 7.20. The van der Waals surface area contributed by atoms with Gasteiger partial charge in [0, 0.05) is 16.3 Å². The van der Waals surface area contributed by atoms with Gasteiger partial charge in [-0.25, -0.2) is 0 Å². The van der Waals surface area contributed by atoms with Gasteiger partial charge in [-0.05, 0) is 61.7 Å². The van der Waals surface area contributed by atoms with Gasteiger partial charge in [-0.3, -0.25) is 9.59 Å². The maximum Gasteiger partial charge on any atom is 0.235 e. The second-order valence-corrected chi connectivity index (χ2v) is 6.11. The molecule has 1 amide bonds. The normalized spacial score (nSPS) is 15.2. The average molecular weight is 314 g/mol. The van der Waals surface area contributed by atoms with E-state index in [1.54, 1.807) is 24.3 Å². The van der Waals surface area contributed by atoms with Crippen molar-refractivity contribution in [1.29, 1.82) is 0 Å². The average Bonchev–Trinajstić information content (AvgIpc) is 3.30. The van der Waals surface area contributed by atoms with Gasteiger partial charge in [0.25, 0.3) is 0 Å². The Bertz CT molecular complexity index is 716. The number of hydrogen-bond donors (Lipinski definition) is 1. The van der Waals surface area contributed by atoms with Gasteiger partial charge >= 0.3 is 0 Å². The number of ketones is 1. The van der Waals surface area contributed by atoms with Gasteiger partial charge in [0.05, 0.1) is 5.41 Å². The van der Waals surface area contributed by atoms with Crippen molar-refractivity contribution in [3.63, 3.8) is 0 Å². The number of carbonyl (C=O) groups excluding carboxylic acids is 2. The molecular formula is C18H16ClNO2. The second-order valence-electron chi connectivity index (χ2n) is 5.68. The van der Waals surface area contributed by atoms with Crippen molar-refractivity contribution in [3.05, 3.63) is 64.7 Å². The molecule has 2 aromatic carbocycles. The molecule has 4 heteroatoms. The molecule has 0 heterocycles. The summed E-state index contributed by atoms with van der Waals surface area (Å²) in [7, 11) is 0. The lowest BCUT2D eigenvalue weighted by Gasteiger charge is -2.16. The van der Waals surface area contributed by atoms with Gasteiger partial charge in [0.15, 0.2) is 5.78 Å². The predicted octanol–water partition coefficient (Wildman–Crippen LogP) is 4.21. The minimum atomic E-state index is -0.441. The molecule has 2 aromatic rings.